The van der Waals surface area contributed by atoms with Crippen LogP contribution in [0.4, 0.5) is 0 Å². The van der Waals surface area contributed by atoms with Crippen LogP contribution in [0, 0.1) is 13.8 Å². The molecule has 0 bridgehead atoms. The van der Waals surface area contributed by atoms with Crippen molar-refractivity contribution in [1.82, 2.24) is 0 Å². The first-order valence-corrected chi connectivity index (χ1v) is 5.01. The third kappa shape index (κ3) is 2.27. The summed E-state index contributed by atoms with van der Waals surface area (Å²) in [5, 5.41) is 10.5. The van der Waals surface area contributed by atoms with Gasteiger partial charge >= 0.3 is 0 Å². The van der Waals surface area contributed by atoms with Gasteiger partial charge in [0.15, 0.2) is 0 Å². The molecule has 0 amide bonds. The van der Waals surface area contributed by atoms with Crippen LogP contribution in [-0.2, 0) is 0 Å². The first-order chi connectivity index (χ1) is 6.43. The van der Waals surface area contributed by atoms with Crippen molar-refractivity contribution in [1.29, 1.82) is 0 Å². The van der Waals surface area contributed by atoms with Gasteiger partial charge in [-0.25, -0.2) is 0 Å². The lowest BCUT2D eigenvalue weighted by Gasteiger charge is -2.18. The van der Waals surface area contributed by atoms with Gasteiger partial charge in [0.25, 0.3) is 0 Å². The second kappa shape index (κ2) is 4.30. The second-order valence-electron chi connectivity index (χ2n) is 3.76. The van der Waals surface area contributed by atoms with Crippen LogP contribution in [0.5, 0.6) is 0 Å². The Hall–Kier alpha value is -0.570. The van der Waals surface area contributed by atoms with Crippen molar-refractivity contribution >= 4 is 11.6 Å². The maximum atomic E-state index is 9.84. The van der Waals surface area contributed by atoms with E-state index < -0.39 is 6.10 Å². The van der Waals surface area contributed by atoms with Crippen LogP contribution in [0.1, 0.15) is 29.7 Å². The fourth-order valence-corrected chi connectivity index (χ4v) is 1.71. The quantitative estimate of drug-likeness (QED) is 0.792. The molecular formula is C11H16ClNO. The molecule has 0 fully saturated rings. The number of hydrogen-bond acceptors (Lipinski definition) is 2. The van der Waals surface area contributed by atoms with Crippen molar-refractivity contribution in [2.45, 2.75) is 32.9 Å². The van der Waals surface area contributed by atoms with Crippen molar-refractivity contribution in [3.05, 3.63) is 33.8 Å². The molecule has 0 spiro atoms. The average Bonchev–Trinajstić information content (AvgIpc) is 2.09. The first-order valence-electron chi connectivity index (χ1n) is 4.63. The van der Waals surface area contributed by atoms with Crippen LogP contribution < -0.4 is 5.73 Å². The standard InChI is InChI=1S/C11H16ClNO/c1-6-4-9(11(14)8(3)13)7(2)10(12)5-6/h4-5,8,11,14H,13H2,1-3H3. The van der Waals surface area contributed by atoms with Gasteiger partial charge in [-0.2, -0.15) is 0 Å². The topological polar surface area (TPSA) is 46.2 Å². The average molecular weight is 214 g/mol. The molecule has 3 N–H and O–H groups in total. The summed E-state index contributed by atoms with van der Waals surface area (Å²) in [6.07, 6.45) is -0.646. The molecule has 1 aromatic rings. The zero-order valence-electron chi connectivity index (χ0n) is 8.71. The molecular weight excluding hydrogens is 198 g/mol. The third-order valence-electron chi connectivity index (χ3n) is 2.35. The Bertz CT molecular complexity index is 336. The second-order valence-corrected chi connectivity index (χ2v) is 4.17. The zero-order chi connectivity index (χ0) is 10.9. The molecule has 0 aromatic heterocycles. The Morgan fingerprint density at radius 2 is 1.93 bits per heavy atom. The highest BCUT2D eigenvalue weighted by atomic mass is 35.5. The molecule has 2 unspecified atom stereocenters. The Balaban J connectivity index is 3.20. The minimum Gasteiger partial charge on any atom is -0.387 e. The van der Waals surface area contributed by atoms with E-state index in [1.54, 1.807) is 6.92 Å². The van der Waals surface area contributed by atoms with Crippen molar-refractivity contribution in [2.24, 2.45) is 5.73 Å². The molecule has 0 aliphatic rings. The van der Waals surface area contributed by atoms with Crippen LogP contribution in [0.25, 0.3) is 0 Å². The fourth-order valence-electron chi connectivity index (χ4n) is 1.43. The summed E-state index contributed by atoms with van der Waals surface area (Å²) in [7, 11) is 0. The summed E-state index contributed by atoms with van der Waals surface area (Å²) in [5.74, 6) is 0. The van der Waals surface area contributed by atoms with Crippen molar-refractivity contribution < 1.29 is 5.11 Å². The van der Waals surface area contributed by atoms with Crippen LogP contribution in [0.15, 0.2) is 12.1 Å². The van der Waals surface area contributed by atoms with E-state index in [0.717, 1.165) is 16.7 Å². The van der Waals surface area contributed by atoms with Gasteiger partial charge in [0.05, 0.1) is 6.10 Å². The van der Waals surface area contributed by atoms with E-state index in [9.17, 15) is 5.11 Å². The number of nitrogens with two attached hydrogens (primary N) is 1. The summed E-state index contributed by atoms with van der Waals surface area (Å²) < 4.78 is 0. The maximum absolute atomic E-state index is 9.84. The summed E-state index contributed by atoms with van der Waals surface area (Å²) in [4.78, 5) is 0. The lowest BCUT2D eigenvalue weighted by atomic mass is 9.97. The lowest BCUT2D eigenvalue weighted by Crippen LogP contribution is -2.25. The summed E-state index contributed by atoms with van der Waals surface area (Å²) in [6, 6.07) is 3.52. The summed E-state index contributed by atoms with van der Waals surface area (Å²) >= 11 is 6.02. The monoisotopic (exact) mass is 213 g/mol. The molecule has 1 aromatic carbocycles. The molecule has 0 heterocycles. The molecule has 1 rings (SSSR count). The number of rotatable bonds is 2. The third-order valence-corrected chi connectivity index (χ3v) is 2.74. The molecule has 3 heteroatoms. The van der Waals surface area contributed by atoms with Gasteiger partial charge in [-0.05, 0) is 43.5 Å². The molecule has 78 valence electrons. The highest BCUT2D eigenvalue weighted by Gasteiger charge is 2.16. The molecule has 0 radical (unpaired) electrons. The largest absolute Gasteiger partial charge is 0.387 e. The molecule has 14 heavy (non-hydrogen) atoms. The predicted molar refractivity (Wildman–Crippen MR) is 59.5 cm³/mol. The van der Waals surface area contributed by atoms with Crippen molar-refractivity contribution in [2.75, 3.05) is 0 Å². The van der Waals surface area contributed by atoms with Crippen LogP contribution >= 0.6 is 11.6 Å². The summed E-state index contributed by atoms with van der Waals surface area (Å²) in [6.45, 7) is 5.62. The van der Waals surface area contributed by atoms with E-state index >= 15 is 0 Å². The molecule has 2 nitrogen and oxygen atoms in total. The van der Waals surface area contributed by atoms with Gasteiger partial charge in [0.2, 0.25) is 0 Å². The number of aliphatic hydroxyl groups is 1. The lowest BCUT2D eigenvalue weighted by molar-refractivity contribution is 0.152. The Kier molecular flexibility index (Phi) is 3.53. The number of halogens is 1. The predicted octanol–water partition coefficient (Wildman–Crippen LogP) is 2.34. The maximum Gasteiger partial charge on any atom is 0.0941 e. The van der Waals surface area contributed by atoms with Crippen molar-refractivity contribution in [3.63, 3.8) is 0 Å². The highest BCUT2D eigenvalue weighted by Crippen LogP contribution is 2.27. The number of aliphatic hydroxyl groups excluding tert-OH is 1. The molecule has 0 aliphatic carbocycles. The molecule has 0 aliphatic heterocycles. The summed E-state index contributed by atoms with van der Waals surface area (Å²) in [5.41, 5.74) is 8.41. The number of aryl methyl sites for hydroxylation is 1. The Morgan fingerprint density at radius 3 is 2.43 bits per heavy atom. The molecule has 2 atom stereocenters. The van der Waals surface area contributed by atoms with Gasteiger partial charge in [-0.3, -0.25) is 0 Å². The minimum atomic E-state index is -0.646. The fraction of sp³-hybridized carbons (Fsp3) is 0.455. The van der Waals surface area contributed by atoms with E-state index in [-0.39, 0.29) is 6.04 Å². The first kappa shape index (κ1) is 11.5. The normalized spacial score (nSPS) is 15.3. The van der Waals surface area contributed by atoms with Crippen LogP contribution in [0.3, 0.4) is 0 Å². The van der Waals surface area contributed by atoms with Crippen LogP contribution in [-0.4, -0.2) is 11.1 Å². The van der Waals surface area contributed by atoms with Gasteiger partial charge in [0.1, 0.15) is 0 Å². The zero-order valence-corrected chi connectivity index (χ0v) is 9.47. The molecule has 0 saturated heterocycles. The molecule has 0 saturated carbocycles. The SMILES string of the molecule is Cc1cc(Cl)c(C)c(C(O)C(C)N)c1. The number of hydrogen-bond donors (Lipinski definition) is 2. The minimum absolute atomic E-state index is 0.286. The van der Waals surface area contributed by atoms with E-state index in [0.29, 0.717) is 5.02 Å². The van der Waals surface area contributed by atoms with Crippen molar-refractivity contribution in [3.8, 4) is 0 Å². The van der Waals surface area contributed by atoms with Gasteiger partial charge in [0, 0.05) is 11.1 Å². The number of benzene rings is 1. The van der Waals surface area contributed by atoms with E-state index in [1.165, 1.54) is 0 Å². The van der Waals surface area contributed by atoms with E-state index in [4.69, 9.17) is 17.3 Å². The Labute approximate surface area is 89.7 Å². The van der Waals surface area contributed by atoms with E-state index in [1.807, 2.05) is 26.0 Å². The van der Waals surface area contributed by atoms with Gasteiger partial charge in [-0.15, -0.1) is 0 Å². The highest BCUT2D eigenvalue weighted by molar-refractivity contribution is 6.31. The van der Waals surface area contributed by atoms with Gasteiger partial charge in [-0.1, -0.05) is 17.7 Å². The smallest absolute Gasteiger partial charge is 0.0941 e. The Morgan fingerprint density at radius 1 is 1.36 bits per heavy atom. The van der Waals surface area contributed by atoms with Gasteiger partial charge < -0.3 is 10.8 Å². The van der Waals surface area contributed by atoms with Crippen LogP contribution in [0.2, 0.25) is 5.02 Å². The van der Waals surface area contributed by atoms with E-state index in [2.05, 4.69) is 0 Å².